The molecule has 2 aliphatic rings. The van der Waals surface area contributed by atoms with Crippen LogP contribution in [0, 0.1) is 0 Å². The van der Waals surface area contributed by atoms with Gasteiger partial charge in [-0.15, -0.1) is 0 Å². The first-order valence-electron chi connectivity index (χ1n) is 17.2. The molecule has 0 spiro atoms. The summed E-state index contributed by atoms with van der Waals surface area (Å²) in [5.74, 6) is 1.71. The zero-order chi connectivity index (χ0) is 35.0. The van der Waals surface area contributed by atoms with Crippen molar-refractivity contribution in [3.63, 3.8) is 0 Å². The second-order valence-corrected chi connectivity index (χ2v) is 12.6. The molecule has 0 radical (unpaired) electrons. The SMILES string of the molecule is COc1cc(NC2CCN(C(=O)O)[C@@H](CCCN(Cc3ccccc3)Cc3ccccc3)C2)cc(OC)c1OC.O=C(O)N1CCCCC1. The van der Waals surface area contributed by atoms with Crippen LogP contribution in [0.15, 0.2) is 72.8 Å². The monoisotopic (exact) mass is 676 g/mol. The highest BCUT2D eigenvalue weighted by atomic mass is 16.5. The molecule has 11 heteroatoms. The Bertz CT molecular complexity index is 1370. The van der Waals surface area contributed by atoms with Crippen LogP contribution in [0.25, 0.3) is 0 Å². The number of nitrogens with one attached hydrogen (secondary N) is 1. The first-order chi connectivity index (χ1) is 23.8. The lowest BCUT2D eigenvalue weighted by molar-refractivity contribution is 0.0972. The Labute approximate surface area is 290 Å². The van der Waals surface area contributed by atoms with E-state index >= 15 is 0 Å². The molecule has 0 aromatic heterocycles. The summed E-state index contributed by atoms with van der Waals surface area (Å²) in [7, 11) is 4.78. The highest BCUT2D eigenvalue weighted by molar-refractivity contribution is 5.66. The van der Waals surface area contributed by atoms with E-state index in [1.165, 1.54) is 22.4 Å². The van der Waals surface area contributed by atoms with Crippen molar-refractivity contribution in [3.8, 4) is 17.2 Å². The molecule has 2 atom stereocenters. The molecule has 0 saturated carbocycles. The van der Waals surface area contributed by atoms with Gasteiger partial charge in [0.1, 0.15) is 0 Å². The van der Waals surface area contributed by atoms with E-state index in [0.29, 0.717) is 23.8 Å². The van der Waals surface area contributed by atoms with Crippen LogP contribution in [0.2, 0.25) is 0 Å². The van der Waals surface area contributed by atoms with E-state index in [2.05, 4.69) is 58.7 Å². The number of amides is 2. The topological polar surface area (TPSA) is 124 Å². The number of hydrogen-bond donors (Lipinski definition) is 3. The van der Waals surface area contributed by atoms with Gasteiger partial charge < -0.3 is 39.5 Å². The van der Waals surface area contributed by atoms with Crippen LogP contribution in [-0.4, -0.2) is 96.7 Å². The lowest BCUT2D eigenvalue weighted by Gasteiger charge is -2.39. The number of nitrogens with zero attached hydrogens (tertiary/aromatic N) is 3. The van der Waals surface area contributed by atoms with Crippen molar-refractivity contribution >= 4 is 17.9 Å². The van der Waals surface area contributed by atoms with Gasteiger partial charge in [-0.1, -0.05) is 60.7 Å². The Morgan fingerprint density at radius 3 is 1.84 bits per heavy atom. The Kier molecular flexibility index (Phi) is 14.7. The van der Waals surface area contributed by atoms with Crippen molar-refractivity contribution in [1.29, 1.82) is 0 Å². The van der Waals surface area contributed by atoms with E-state index < -0.39 is 12.2 Å². The molecule has 3 N–H and O–H groups in total. The predicted octanol–water partition coefficient (Wildman–Crippen LogP) is 7.27. The molecule has 5 rings (SSSR count). The molecule has 3 aromatic rings. The standard InChI is InChI=1S/C32H41N3O5.C6H11NO2/c1-38-29-20-27(21-30(39-2)31(29)40-3)33-26-16-18-35(32(36)37)28(19-26)15-10-17-34(22-24-11-6-4-7-12-24)23-25-13-8-5-9-14-25;8-6(9)7-4-2-1-3-5-7/h4-9,11-14,20-21,26,28,33H,10,15-19,22-23H2,1-3H3,(H,36,37);1-5H2,(H,8,9)/t26?,28-;/m0./s1. The Hall–Kier alpha value is -4.64. The molecule has 2 aliphatic heterocycles. The number of hydrogen-bond acceptors (Lipinski definition) is 7. The minimum Gasteiger partial charge on any atom is -0.493 e. The highest BCUT2D eigenvalue weighted by Gasteiger charge is 2.31. The van der Waals surface area contributed by atoms with E-state index in [0.717, 1.165) is 76.9 Å². The van der Waals surface area contributed by atoms with Crippen molar-refractivity contribution in [3.05, 3.63) is 83.9 Å². The molecule has 0 bridgehead atoms. The van der Waals surface area contributed by atoms with Gasteiger partial charge in [-0.05, 0) is 62.6 Å². The van der Waals surface area contributed by atoms with Gasteiger partial charge >= 0.3 is 12.2 Å². The normalized spacial score (nSPS) is 17.5. The summed E-state index contributed by atoms with van der Waals surface area (Å²) in [6.07, 6.45) is 4.82. The second kappa shape index (κ2) is 19.4. The Morgan fingerprint density at radius 2 is 1.37 bits per heavy atom. The average molecular weight is 677 g/mol. The average Bonchev–Trinajstić information content (AvgIpc) is 3.12. The van der Waals surface area contributed by atoms with Gasteiger partial charge in [0.15, 0.2) is 11.5 Å². The van der Waals surface area contributed by atoms with E-state index in [1.807, 2.05) is 24.3 Å². The van der Waals surface area contributed by atoms with Crippen LogP contribution >= 0.6 is 0 Å². The van der Waals surface area contributed by atoms with E-state index in [9.17, 15) is 14.7 Å². The lowest BCUT2D eigenvalue weighted by atomic mass is 9.93. The van der Waals surface area contributed by atoms with Gasteiger partial charge in [0.25, 0.3) is 0 Å². The maximum Gasteiger partial charge on any atom is 0.407 e. The fraction of sp³-hybridized carbons (Fsp3) is 0.474. The fourth-order valence-electron chi connectivity index (χ4n) is 6.64. The number of methoxy groups -OCH3 is 3. The van der Waals surface area contributed by atoms with Crippen molar-refractivity contribution < 1.29 is 34.0 Å². The summed E-state index contributed by atoms with van der Waals surface area (Å²) >= 11 is 0. The van der Waals surface area contributed by atoms with Gasteiger partial charge in [-0.2, -0.15) is 0 Å². The second-order valence-electron chi connectivity index (χ2n) is 12.6. The molecule has 2 heterocycles. The molecule has 2 saturated heterocycles. The number of piperidine rings is 2. The maximum absolute atomic E-state index is 12.1. The Balaban J connectivity index is 0.000000520. The van der Waals surface area contributed by atoms with Crippen molar-refractivity contribution in [2.24, 2.45) is 0 Å². The molecule has 1 unspecified atom stereocenters. The first-order valence-corrected chi connectivity index (χ1v) is 17.2. The number of likely N-dealkylation sites (tertiary alicyclic amines) is 2. The third-order valence-electron chi connectivity index (χ3n) is 9.13. The van der Waals surface area contributed by atoms with Gasteiger partial charge in [0.05, 0.1) is 21.3 Å². The third-order valence-corrected chi connectivity index (χ3v) is 9.13. The van der Waals surface area contributed by atoms with Crippen molar-refractivity contribution in [1.82, 2.24) is 14.7 Å². The largest absolute Gasteiger partial charge is 0.493 e. The molecule has 2 amide bonds. The summed E-state index contributed by atoms with van der Waals surface area (Å²) in [5.41, 5.74) is 3.41. The number of anilines is 1. The fourth-order valence-corrected chi connectivity index (χ4v) is 6.64. The van der Waals surface area contributed by atoms with Crippen LogP contribution in [0.4, 0.5) is 15.3 Å². The molecular formula is C38H52N4O7. The smallest absolute Gasteiger partial charge is 0.407 e. The van der Waals surface area contributed by atoms with Crippen LogP contribution in [0.5, 0.6) is 17.2 Å². The quantitative estimate of drug-likeness (QED) is 0.172. The zero-order valence-corrected chi connectivity index (χ0v) is 29.1. The summed E-state index contributed by atoms with van der Waals surface area (Å²) < 4.78 is 16.5. The summed E-state index contributed by atoms with van der Waals surface area (Å²) in [6, 6.07) is 24.9. The van der Waals surface area contributed by atoms with Gasteiger partial charge in [0, 0.05) is 62.6 Å². The van der Waals surface area contributed by atoms with E-state index in [1.54, 1.807) is 26.2 Å². The molecule has 11 nitrogen and oxygen atoms in total. The summed E-state index contributed by atoms with van der Waals surface area (Å²) in [6.45, 7) is 4.56. The number of carbonyl (C=O) groups is 2. The van der Waals surface area contributed by atoms with Gasteiger partial charge in [0.2, 0.25) is 5.75 Å². The molecule has 0 aliphatic carbocycles. The van der Waals surface area contributed by atoms with Crippen molar-refractivity contribution in [2.45, 2.75) is 70.1 Å². The highest BCUT2D eigenvalue weighted by Crippen LogP contribution is 2.40. The van der Waals surface area contributed by atoms with Crippen LogP contribution in [0.3, 0.4) is 0 Å². The van der Waals surface area contributed by atoms with Crippen molar-refractivity contribution in [2.75, 3.05) is 52.8 Å². The van der Waals surface area contributed by atoms with Gasteiger partial charge in [-0.3, -0.25) is 4.90 Å². The van der Waals surface area contributed by atoms with E-state index in [4.69, 9.17) is 19.3 Å². The zero-order valence-electron chi connectivity index (χ0n) is 29.1. The van der Waals surface area contributed by atoms with Crippen LogP contribution < -0.4 is 19.5 Å². The first kappa shape index (κ1) is 37.2. The van der Waals surface area contributed by atoms with Crippen LogP contribution in [-0.2, 0) is 13.1 Å². The predicted molar refractivity (Wildman–Crippen MR) is 191 cm³/mol. The molecular weight excluding hydrogens is 624 g/mol. The Morgan fingerprint density at radius 1 is 0.796 bits per heavy atom. The number of rotatable bonds is 13. The minimum atomic E-state index is -0.846. The number of carboxylic acid groups (broad SMARTS) is 2. The summed E-state index contributed by atoms with van der Waals surface area (Å²) in [5, 5.41) is 22.0. The molecule has 266 valence electrons. The maximum atomic E-state index is 12.1. The lowest BCUT2D eigenvalue weighted by Crippen LogP contribution is -2.49. The minimum absolute atomic E-state index is 0.0545. The molecule has 49 heavy (non-hydrogen) atoms. The number of benzene rings is 3. The van der Waals surface area contributed by atoms with Crippen LogP contribution in [0.1, 0.15) is 56.1 Å². The molecule has 3 aromatic carbocycles. The number of ether oxygens (including phenoxy) is 3. The van der Waals surface area contributed by atoms with Gasteiger partial charge in [-0.25, -0.2) is 9.59 Å². The third kappa shape index (κ3) is 11.5. The van der Waals surface area contributed by atoms with E-state index in [-0.39, 0.29) is 12.1 Å². The molecule has 2 fully saturated rings. The summed E-state index contributed by atoms with van der Waals surface area (Å²) in [4.78, 5) is 27.9.